The Hall–Kier alpha value is -3.11. The van der Waals surface area contributed by atoms with E-state index in [0.717, 1.165) is 23.1 Å². The normalized spacial score (nSPS) is 23.6. The van der Waals surface area contributed by atoms with Gasteiger partial charge in [-0.3, -0.25) is 9.59 Å². The van der Waals surface area contributed by atoms with Crippen LogP contribution in [0.25, 0.3) is 0 Å². The minimum Gasteiger partial charge on any atom is -0.309 e. The zero-order valence-electron chi connectivity index (χ0n) is 16.2. The molecule has 4 nitrogen and oxygen atoms in total. The molecule has 6 rings (SSSR count). The summed E-state index contributed by atoms with van der Waals surface area (Å²) in [5.41, 5.74) is 3.85. The van der Waals surface area contributed by atoms with E-state index in [-0.39, 0.29) is 17.7 Å². The quantitative estimate of drug-likeness (QED) is 0.631. The molecule has 3 aliphatic rings. The van der Waals surface area contributed by atoms with E-state index in [1.54, 1.807) is 0 Å². The van der Waals surface area contributed by atoms with Crippen molar-refractivity contribution >= 4 is 23.4 Å². The zero-order chi connectivity index (χ0) is 20.5. The first-order valence-electron chi connectivity index (χ1n) is 10.2. The van der Waals surface area contributed by atoms with Gasteiger partial charge in [-0.1, -0.05) is 66.2 Å². The molecule has 3 aromatic carbocycles. The number of benzene rings is 3. The Bertz CT molecular complexity index is 1210. The Morgan fingerprint density at radius 2 is 1.67 bits per heavy atom. The van der Waals surface area contributed by atoms with Crippen molar-refractivity contribution in [3.05, 3.63) is 106 Å². The summed E-state index contributed by atoms with van der Waals surface area (Å²) in [5.74, 6) is -0.103. The highest BCUT2D eigenvalue weighted by atomic mass is 35.5. The van der Waals surface area contributed by atoms with E-state index >= 15 is 0 Å². The molecule has 2 unspecified atom stereocenters. The number of fused-ring (bicyclic) bond motifs is 4. The van der Waals surface area contributed by atoms with E-state index in [2.05, 4.69) is 6.07 Å². The van der Waals surface area contributed by atoms with Crippen LogP contribution >= 0.6 is 11.6 Å². The zero-order valence-corrected chi connectivity index (χ0v) is 17.0. The molecule has 148 valence electrons. The number of carbonyl (C=O) groups is 2. The molecule has 1 aliphatic carbocycles. The Balaban J connectivity index is 1.53. The van der Waals surface area contributed by atoms with Gasteiger partial charge in [-0.15, -0.1) is 0 Å². The van der Waals surface area contributed by atoms with Crippen molar-refractivity contribution in [2.24, 2.45) is 0 Å². The second kappa shape index (κ2) is 6.19. The molecule has 5 heteroatoms. The number of rotatable bonds is 2. The molecule has 2 aliphatic heterocycles. The van der Waals surface area contributed by atoms with Crippen LogP contribution in [0.2, 0.25) is 5.02 Å². The van der Waals surface area contributed by atoms with Crippen LogP contribution in [0.4, 0.5) is 0 Å². The molecular formula is C25H19ClN2O2. The molecule has 0 bridgehead atoms. The number of halogens is 1. The lowest BCUT2D eigenvalue weighted by molar-refractivity contribution is -0.138. The summed E-state index contributed by atoms with van der Waals surface area (Å²) in [7, 11) is 0. The molecule has 0 radical (unpaired) electrons. The maximum Gasteiger partial charge on any atom is 0.256 e. The van der Waals surface area contributed by atoms with Crippen LogP contribution in [-0.2, 0) is 16.9 Å². The number of hydrogen-bond donors (Lipinski definition) is 0. The van der Waals surface area contributed by atoms with Gasteiger partial charge in [-0.25, -0.2) is 0 Å². The fourth-order valence-electron chi connectivity index (χ4n) is 5.41. The number of amides is 2. The topological polar surface area (TPSA) is 40.6 Å². The maximum atomic E-state index is 13.9. The predicted molar refractivity (Wildman–Crippen MR) is 114 cm³/mol. The predicted octanol–water partition coefficient (Wildman–Crippen LogP) is 4.18. The Morgan fingerprint density at radius 1 is 0.933 bits per heavy atom. The summed E-state index contributed by atoms with van der Waals surface area (Å²) < 4.78 is 0. The largest absolute Gasteiger partial charge is 0.309 e. The third-order valence-corrected chi connectivity index (χ3v) is 7.02. The highest BCUT2D eigenvalue weighted by molar-refractivity contribution is 6.30. The highest BCUT2D eigenvalue weighted by Crippen LogP contribution is 2.51. The minimum absolute atomic E-state index is 0.0233. The smallest absolute Gasteiger partial charge is 0.256 e. The van der Waals surface area contributed by atoms with E-state index in [1.165, 1.54) is 5.56 Å². The van der Waals surface area contributed by atoms with Gasteiger partial charge in [0.1, 0.15) is 0 Å². The molecule has 3 aromatic rings. The lowest BCUT2D eigenvalue weighted by atomic mass is 9.76. The Labute approximate surface area is 179 Å². The molecule has 1 saturated heterocycles. The van der Waals surface area contributed by atoms with Gasteiger partial charge in [0.2, 0.25) is 5.91 Å². The van der Waals surface area contributed by atoms with E-state index < -0.39 is 5.66 Å². The summed E-state index contributed by atoms with van der Waals surface area (Å²) in [6, 6.07) is 23.3. The number of carbonyl (C=O) groups excluding carboxylic acids is 2. The molecule has 0 N–H and O–H groups in total. The summed E-state index contributed by atoms with van der Waals surface area (Å²) >= 11 is 6.16. The first-order valence-corrected chi connectivity index (χ1v) is 10.6. The molecule has 0 saturated carbocycles. The van der Waals surface area contributed by atoms with Crippen molar-refractivity contribution < 1.29 is 9.59 Å². The van der Waals surface area contributed by atoms with Gasteiger partial charge in [0.15, 0.2) is 5.66 Å². The third-order valence-electron chi connectivity index (χ3n) is 6.77. The summed E-state index contributed by atoms with van der Waals surface area (Å²) in [6.45, 7) is 1.02. The third kappa shape index (κ3) is 2.12. The van der Waals surface area contributed by atoms with E-state index in [0.29, 0.717) is 23.7 Å². The van der Waals surface area contributed by atoms with Crippen LogP contribution in [0.3, 0.4) is 0 Å². The molecule has 30 heavy (non-hydrogen) atoms. The van der Waals surface area contributed by atoms with Crippen molar-refractivity contribution in [1.29, 1.82) is 0 Å². The highest BCUT2D eigenvalue weighted by Gasteiger charge is 2.60. The molecular weight excluding hydrogens is 396 g/mol. The van der Waals surface area contributed by atoms with Gasteiger partial charge in [0, 0.05) is 34.8 Å². The first-order chi connectivity index (χ1) is 14.6. The van der Waals surface area contributed by atoms with Crippen LogP contribution in [-0.4, -0.2) is 34.7 Å². The van der Waals surface area contributed by atoms with E-state index in [1.807, 2.05) is 76.5 Å². The molecule has 2 atom stereocenters. The summed E-state index contributed by atoms with van der Waals surface area (Å²) in [6.07, 6.45) is 0.748. The average Bonchev–Trinajstić information content (AvgIpc) is 3.25. The lowest BCUT2D eigenvalue weighted by Gasteiger charge is -2.43. The first kappa shape index (κ1) is 17.7. The van der Waals surface area contributed by atoms with Crippen molar-refractivity contribution in [3.8, 4) is 0 Å². The summed E-state index contributed by atoms with van der Waals surface area (Å²) in [4.78, 5) is 30.9. The number of nitrogens with zero attached hydrogens (tertiary/aromatic N) is 2. The molecule has 2 amide bonds. The minimum atomic E-state index is -0.917. The van der Waals surface area contributed by atoms with Gasteiger partial charge >= 0.3 is 0 Å². The Morgan fingerprint density at radius 3 is 2.47 bits per heavy atom. The van der Waals surface area contributed by atoms with Crippen molar-refractivity contribution in [2.75, 3.05) is 13.1 Å². The van der Waals surface area contributed by atoms with Gasteiger partial charge in [-0.2, -0.15) is 0 Å². The molecule has 0 aromatic heterocycles. The van der Waals surface area contributed by atoms with E-state index in [4.69, 9.17) is 11.6 Å². The van der Waals surface area contributed by atoms with Crippen LogP contribution in [0.5, 0.6) is 0 Å². The molecule has 0 spiro atoms. The van der Waals surface area contributed by atoms with E-state index in [9.17, 15) is 9.59 Å². The van der Waals surface area contributed by atoms with Crippen molar-refractivity contribution in [3.63, 3.8) is 0 Å². The average molecular weight is 415 g/mol. The monoisotopic (exact) mass is 414 g/mol. The van der Waals surface area contributed by atoms with Gasteiger partial charge in [0.05, 0.1) is 5.92 Å². The van der Waals surface area contributed by atoms with Gasteiger partial charge in [-0.05, 0) is 35.7 Å². The SMILES string of the molecule is O=C1c2ccccc2C2(c3ccc(Cl)cc3)N1CCN2C(=O)C1Cc2ccccc21. The molecule has 1 fully saturated rings. The molecule has 2 heterocycles. The van der Waals surface area contributed by atoms with Gasteiger partial charge in [0.25, 0.3) is 5.91 Å². The maximum absolute atomic E-state index is 13.9. The standard InChI is InChI=1S/C25H19ClN2O2/c26-18-11-9-17(10-12-18)25-22-8-4-3-7-20(22)23(29)27(25)13-14-28(25)24(30)21-15-16-5-1-2-6-19(16)21/h1-12,21H,13-15H2. The van der Waals surface area contributed by atoms with Crippen molar-refractivity contribution in [2.45, 2.75) is 18.0 Å². The van der Waals surface area contributed by atoms with Crippen molar-refractivity contribution in [1.82, 2.24) is 9.80 Å². The summed E-state index contributed by atoms with van der Waals surface area (Å²) in [5, 5.41) is 0.628. The fourth-order valence-corrected chi connectivity index (χ4v) is 5.54. The second-order valence-electron chi connectivity index (χ2n) is 8.13. The van der Waals surface area contributed by atoms with Crippen LogP contribution in [0.1, 0.15) is 38.5 Å². The van der Waals surface area contributed by atoms with Crippen LogP contribution < -0.4 is 0 Å². The van der Waals surface area contributed by atoms with Crippen LogP contribution in [0, 0.1) is 0 Å². The number of hydrogen-bond acceptors (Lipinski definition) is 2. The fraction of sp³-hybridized carbons (Fsp3) is 0.200. The second-order valence-corrected chi connectivity index (χ2v) is 8.56. The van der Waals surface area contributed by atoms with Crippen LogP contribution in [0.15, 0.2) is 72.8 Å². The van der Waals surface area contributed by atoms with Gasteiger partial charge < -0.3 is 9.80 Å². The lowest BCUT2D eigenvalue weighted by Crippen LogP contribution is -2.53. The Kier molecular flexibility index (Phi) is 3.66.